The van der Waals surface area contributed by atoms with E-state index in [0.29, 0.717) is 0 Å². The maximum atomic E-state index is 4.84. The maximum absolute atomic E-state index is 4.84. The lowest BCUT2D eigenvalue weighted by molar-refractivity contribution is 0.726. The molecule has 4 rings (SSSR count). The molecule has 106 valence electrons. The van der Waals surface area contributed by atoms with E-state index in [-0.39, 0.29) is 0 Å². The van der Waals surface area contributed by atoms with Crippen molar-refractivity contribution in [1.29, 1.82) is 0 Å². The normalized spacial score (nSPS) is 19.4. The molecule has 2 aromatic heterocycles. The molecule has 1 saturated heterocycles. The predicted octanol–water partition coefficient (Wildman–Crippen LogP) is 3.87. The van der Waals surface area contributed by atoms with Crippen molar-refractivity contribution in [2.24, 2.45) is 0 Å². The summed E-state index contributed by atoms with van der Waals surface area (Å²) in [6, 6.07) is 0. The van der Waals surface area contributed by atoms with E-state index in [1.807, 2.05) is 18.3 Å². The summed E-state index contributed by atoms with van der Waals surface area (Å²) in [4.78, 5) is 14.8. The average molecular weight is 287 g/mol. The predicted molar refractivity (Wildman–Crippen MR) is 84.9 cm³/mol. The minimum Gasteiger partial charge on any atom is -0.356 e. The molecule has 4 heteroatoms. The first-order valence-electron chi connectivity index (χ1n) is 7.87. The van der Waals surface area contributed by atoms with Gasteiger partial charge in [0.1, 0.15) is 16.5 Å². The lowest BCUT2D eigenvalue weighted by atomic mass is 10.1. The van der Waals surface area contributed by atoms with Crippen molar-refractivity contribution in [1.82, 2.24) is 9.97 Å². The van der Waals surface area contributed by atoms with Gasteiger partial charge in [-0.25, -0.2) is 9.97 Å². The van der Waals surface area contributed by atoms with Crippen molar-refractivity contribution in [2.75, 3.05) is 18.0 Å². The number of aryl methyl sites for hydroxylation is 3. The standard InChI is InChI=1S/C16H21N3S/c1-11-17-15(19-9-4-2-3-5-10-19)14-12-7-6-8-13(12)20-16(14)18-11/h2-10H2,1H3. The Morgan fingerprint density at radius 1 is 0.950 bits per heavy atom. The van der Waals surface area contributed by atoms with Crippen LogP contribution in [-0.4, -0.2) is 23.1 Å². The first-order valence-corrected chi connectivity index (χ1v) is 8.68. The number of thiophene rings is 1. The second kappa shape index (κ2) is 4.99. The summed E-state index contributed by atoms with van der Waals surface area (Å²) >= 11 is 1.91. The molecule has 2 aliphatic rings. The molecule has 1 aliphatic carbocycles. The number of nitrogens with zero attached hydrogens (tertiary/aromatic N) is 3. The Kier molecular flexibility index (Phi) is 3.14. The van der Waals surface area contributed by atoms with Crippen LogP contribution in [0, 0.1) is 6.92 Å². The van der Waals surface area contributed by atoms with Crippen LogP contribution >= 0.6 is 11.3 Å². The largest absolute Gasteiger partial charge is 0.356 e. The highest BCUT2D eigenvalue weighted by Crippen LogP contribution is 2.40. The molecule has 0 spiro atoms. The SMILES string of the molecule is Cc1nc(N2CCCCCC2)c2c3c(sc2n1)CCC3. The third-order valence-corrected chi connectivity index (χ3v) is 5.75. The number of aromatic nitrogens is 2. The lowest BCUT2D eigenvalue weighted by Crippen LogP contribution is -2.25. The molecule has 0 amide bonds. The summed E-state index contributed by atoms with van der Waals surface area (Å²) < 4.78 is 0. The van der Waals surface area contributed by atoms with E-state index < -0.39 is 0 Å². The molecule has 0 unspecified atom stereocenters. The van der Waals surface area contributed by atoms with Crippen LogP contribution in [0.2, 0.25) is 0 Å². The smallest absolute Gasteiger partial charge is 0.141 e. The highest BCUT2D eigenvalue weighted by atomic mass is 32.1. The fourth-order valence-electron chi connectivity index (χ4n) is 3.59. The van der Waals surface area contributed by atoms with Gasteiger partial charge in [-0.15, -0.1) is 11.3 Å². The zero-order valence-electron chi connectivity index (χ0n) is 12.1. The van der Waals surface area contributed by atoms with Crippen LogP contribution in [0.5, 0.6) is 0 Å². The van der Waals surface area contributed by atoms with Crippen LogP contribution in [0.1, 0.15) is 48.4 Å². The third-order valence-electron chi connectivity index (χ3n) is 4.56. The Hall–Kier alpha value is -1.16. The van der Waals surface area contributed by atoms with Gasteiger partial charge in [0.2, 0.25) is 0 Å². The summed E-state index contributed by atoms with van der Waals surface area (Å²) in [6.07, 6.45) is 9.12. The Balaban J connectivity index is 1.88. The van der Waals surface area contributed by atoms with E-state index in [0.717, 1.165) is 18.9 Å². The molecule has 0 bridgehead atoms. The Morgan fingerprint density at radius 3 is 2.55 bits per heavy atom. The summed E-state index contributed by atoms with van der Waals surface area (Å²) in [5.41, 5.74) is 1.56. The second-order valence-corrected chi connectivity index (χ2v) is 7.12. The van der Waals surface area contributed by atoms with Crippen molar-refractivity contribution >= 4 is 27.4 Å². The zero-order valence-corrected chi connectivity index (χ0v) is 12.9. The van der Waals surface area contributed by atoms with Crippen molar-refractivity contribution in [3.8, 4) is 0 Å². The number of fused-ring (bicyclic) bond motifs is 3. The summed E-state index contributed by atoms with van der Waals surface area (Å²) in [7, 11) is 0. The van der Waals surface area contributed by atoms with Crippen molar-refractivity contribution in [2.45, 2.75) is 51.9 Å². The first-order chi connectivity index (χ1) is 9.83. The van der Waals surface area contributed by atoms with E-state index >= 15 is 0 Å². The van der Waals surface area contributed by atoms with Crippen molar-refractivity contribution in [3.63, 3.8) is 0 Å². The van der Waals surface area contributed by atoms with Gasteiger partial charge in [-0.2, -0.15) is 0 Å². The summed E-state index contributed by atoms with van der Waals surface area (Å²) in [5, 5.41) is 1.38. The Bertz CT molecular complexity index is 639. The number of hydrogen-bond acceptors (Lipinski definition) is 4. The van der Waals surface area contributed by atoms with E-state index in [9.17, 15) is 0 Å². The molecule has 0 aromatic carbocycles. The topological polar surface area (TPSA) is 29.0 Å². The molecule has 3 nitrogen and oxygen atoms in total. The third kappa shape index (κ3) is 2.01. The van der Waals surface area contributed by atoms with Gasteiger partial charge in [-0.1, -0.05) is 12.8 Å². The van der Waals surface area contributed by atoms with Crippen LogP contribution in [0.25, 0.3) is 10.2 Å². The van der Waals surface area contributed by atoms with E-state index in [4.69, 9.17) is 9.97 Å². The molecule has 0 saturated carbocycles. The van der Waals surface area contributed by atoms with Crippen molar-refractivity contribution < 1.29 is 0 Å². The first kappa shape index (κ1) is 12.6. The molecular weight excluding hydrogens is 266 g/mol. The molecule has 1 fully saturated rings. The van der Waals surface area contributed by atoms with Gasteiger partial charge in [-0.3, -0.25) is 0 Å². The van der Waals surface area contributed by atoms with E-state index in [2.05, 4.69) is 4.90 Å². The van der Waals surface area contributed by atoms with Crippen molar-refractivity contribution in [3.05, 3.63) is 16.3 Å². The summed E-state index contributed by atoms with van der Waals surface area (Å²) in [5.74, 6) is 2.16. The van der Waals surface area contributed by atoms with Gasteiger partial charge in [0, 0.05) is 18.0 Å². The van der Waals surface area contributed by atoms with Gasteiger partial charge < -0.3 is 4.90 Å². The summed E-state index contributed by atoms with van der Waals surface area (Å²) in [6.45, 7) is 4.36. The number of rotatable bonds is 1. The Labute approximate surface area is 124 Å². The van der Waals surface area contributed by atoms with Gasteiger partial charge in [0.05, 0.1) is 5.39 Å². The maximum Gasteiger partial charge on any atom is 0.141 e. The molecule has 2 aromatic rings. The van der Waals surface area contributed by atoms with E-state index in [1.165, 1.54) is 61.0 Å². The number of hydrogen-bond donors (Lipinski definition) is 0. The van der Waals surface area contributed by atoms with Crippen LogP contribution in [0.3, 0.4) is 0 Å². The van der Waals surface area contributed by atoms with Gasteiger partial charge in [-0.05, 0) is 44.6 Å². The average Bonchev–Trinajstić information content (AvgIpc) is 2.88. The zero-order chi connectivity index (χ0) is 13.5. The van der Waals surface area contributed by atoms with Crippen LogP contribution in [0.4, 0.5) is 5.82 Å². The molecule has 20 heavy (non-hydrogen) atoms. The van der Waals surface area contributed by atoms with Gasteiger partial charge in [0.15, 0.2) is 0 Å². The minimum atomic E-state index is 0.927. The van der Waals surface area contributed by atoms with E-state index in [1.54, 1.807) is 10.4 Å². The fourth-order valence-corrected chi connectivity index (χ4v) is 4.89. The number of anilines is 1. The molecular formula is C16H21N3S. The lowest BCUT2D eigenvalue weighted by Gasteiger charge is -2.23. The molecule has 0 atom stereocenters. The Morgan fingerprint density at radius 2 is 1.75 bits per heavy atom. The highest BCUT2D eigenvalue weighted by Gasteiger charge is 2.24. The van der Waals surface area contributed by atoms with Crippen LogP contribution < -0.4 is 4.90 Å². The fraction of sp³-hybridized carbons (Fsp3) is 0.625. The second-order valence-electron chi connectivity index (χ2n) is 6.03. The molecule has 1 aliphatic heterocycles. The highest BCUT2D eigenvalue weighted by molar-refractivity contribution is 7.19. The van der Waals surface area contributed by atoms with Gasteiger partial charge >= 0.3 is 0 Å². The van der Waals surface area contributed by atoms with Gasteiger partial charge in [0.25, 0.3) is 0 Å². The quantitative estimate of drug-likeness (QED) is 0.797. The monoisotopic (exact) mass is 287 g/mol. The minimum absolute atomic E-state index is 0.927. The van der Waals surface area contributed by atoms with Crippen LogP contribution in [0.15, 0.2) is 0 Å². The molecule has 0 radical (unpaired) electrons. The molecule has 0 N–H and O–H groups in total. The van der Waals surface area contributed by atoms with Crippen LogP contribution in [-0.2, 0) is 12.8 Å². The molecule has 3 heterocycles.